The summed E-state index contributed by atoms with van der Waals surface area (Å²) in [6, 6.07) is 0. The maximum atomic E-state index is 12.8. The van der Waals surface area contributed by atoms with Gasteiger partial charge in [-0.05, 0) is 36.6 Å². The molecular formula is C14H24N2O2S2. The number of rotatable bonds is 5. The van der Waals surface area contributed by atoms with Crippen LogP contribution in [0.25, 0.3) is 0 Å². The summed E-state index contributed by atoms with van der Waals surface area (Å²) in [6.07, 6.45) is 4.35. The fraction of sp³-hybridized carbons (Fsp3) is 0.714. The summed E-state index contributed by atoms with van der Waals surface area (Å²) in [5.74, 6) is 0.684. The summed E-state index contributed by atoms with van der Waals surface area (Å²) in [6.45, 7) is 5.62. The van der Waals surface area contributed by atoms with Gasteiger partial charge in [0.1, 0.15) is 4.90 Å². The fourth-order valence-electron chi connectivity index (χ4n) is 2.95. The number of thiophene rings is 1. The second kappa shape index (κ2) is 6.56. The number of piperidine rings is 1. The van der Waals surface area contributed by atoms with Crippen molar-refractivity contribution in [2.45, 2.75) is 51.0 Å². The van der Waals surface area contributed by atoms with E-state index in [1.54, 1.807) is 4.31 Å². The van der Waals surface area contributed by atoms with Crippen LogP contribution >= 0.6 is 11.3 Å². The molecule has 114 valence electrons. The molecule has 0 atom stereocenters. The Morgan fingerprint density at radius 1 is 1.40 bits per heavy atom. The third kappa shape index (κ3) is 3.08. The van der Waals surface area contributed by atoms with Gasteiger partial charge in [0.15, 0.2) is 0 Å². The van der Waals surface area contributed by atoms with Crippen LogP contribution in [0.3, 0.4) is 0 Å². The van der Waals surface area contributed by atoms with Crippen LogP contribution < -0.4 is 5.73 Å². The molecule has 0 spiro atoms. The molecular weight excluding hydrogens is 292 g/mol. The van der Waals surface area contributed by atoms with Crippen molar-refractivity contribution in [3.8, 4) is 0 Å². The van der Waals surface area contributed by atoms with Crippen molar-refractivity contribution < 1.29 is 8.42 Å². The van der Waals surface area contributed by atoms with Crippen molar-refractivity contribution in [2.24, 2.45) is 11.7 Å². The van der Waals surface area contributed by atoms with Crippen LogP contribution in [0.4, 0.5) is 0 Å². The van der Waals surface area contributed by atoms with Crippen LogP contribution in [-0.4, -0.2) is 25.8 Å². The minimum absolute atomic E-state index is 0.291. The zero-order valence-electron chi connectivity index (χ0n) is 12.3. The van der Waals surface area contributed by atoms with E-state index >= 15 is 0 Å². The number of nitrogens with zero attached hydrogens (tertiary/aromatic N) is 1. The lowest BCUT2D eigenvalue weighted by Gasteiger charge is -2.31. The highest BCUT2D eigenvalue weighted by atomic mass is 32.2. The molecule has 2 heterocycles. The zero-order valence-corrected chi connectivity index (χ0v) is 13.9. The van der Waals surface area contributed by atoms with E-state index in [-0.39, 0.29) is 0 Å². The number of aryl methyl sites for hydroxylation is 1. The predicted octanol–water partition coefficient (Wildman–Crippen LogP) is 2.72. The van der Waals surface area contributed by atoms with Gasteiger partial charge in [0, 0.05) is 24.5 Å². The van der Waals surface area contributed by atoms with E-state index in [0.717, 1.165) is 23.3 Å². The third-order valence-electron chi connectivity index (χ3n) is 4.04. The third-order valence-corrected chi connectivity index (χ3v) is 7.43. The molecule has 0 radical (unpaired) electrons. The summed E-state index contributed by atoms with van der Waals surface area (Å²) in [4.78, 5) is 1.23. The molecule has 1 aliphatic rings. The zero-order chi connectivity index (χ0) is 14.8. The van der Waals surface area contributed by atoms with Crippen molar-refractivity contribution >= 4 is 21.4 Å². The van der Waals surface area contributed by atoms with Crippen molar-refractivity contribution in [2.75, 3.05) is 13.1 Å². The average Bonchev–Trinajstić information content (AvgIpc) is 2.81. The molecule has 1 aliphatic heterocycles. The first-order valence-electron chi connectivity index (χ1n) is 7.27. The van der Waals surface area contributed by atoms with Crippen molar-refractivity contribution in [1.29, 1.82) is 0 Å². The second-order valence-electron chi connectivity index (χ2n) is 5.51. The molecule has 0 aliphatic carbocycles. The van der Waals surface area contributed by atoms with Gasteiger partial charge < -0.3 is 5.73 Å². The second-order valence-corrected chi connectivity index (χ2v) is 8.35. The van der Waals surface area contributed by atoms with Crippen LogP contribution in [0, 0.1) is 12.8 Å². The van der Waals surface area contributed by atoms with E-state index in [0.29, 0.717) is 30.4 Å². The summed E-state index contributed by atoms with van der Waals surface area (Å²) >= 11 is 1.44. The molecule has 1 fully saturated rings. The fourth-order valence-corrected chi connectivity index (χ4v) is 6.07. The molecule has 1 aromatic heterocycles. The van der Waals surface area contributed by atoms with E-state index in [2.05, 4.69) is 6.92 Å². The topological polar surface area (TPSA) is 63.4 Å². The minimum Gasteiger partial charge on any atom is -0.326 e. The van der Waals surface area contributed by atoms with Gasteiger partial charge >= 0.3 is 0 Å². The Morgan fingerprint density at radius 3 is 2.60 bits per heavy atom. The van der Waals surface area contributed by atoms with Crippen LogP contribution in [0.2, 0.25) is 0 Å². The average molecular weight is 316 g/mol. The van der Waals surface area contributed by atoms with Gasteiger partial charge in [-0.15, -0.1) is 11.3 Å². The molecule has 0 unspecified atom stereocenters. The molecule has 4 nitrogen and oxygen atoms in total. The molecule has 1 aromatic rings. The lowest BCUT2D eigenvalue weighted by molar-refractivity contribution is 0.262. The molecule has 0 aromatic carbocycles. The highest BCUT2D eigenvalue weighted by Crippen LogP contribution is 2.32. The molecule has 20 heavy (non-hydrogen) atoms. The van der Waals surface area contributed by atoms with Crippen LogP contribution in [-0.2, 0) is 16.6 Å². The van der Waals surface area contributed by atoms with E-state index in [9.17, 15) is 8.42 Å². The van der Waals surface area contributed by atoms with Crippen LogP contribution in [0.15, 0.2) is 10.3 Å². The molecule has 0 bridgehead atoms. The molecule has 6 heteroatoms. The lowest BCUT2D eigenvalue weighted by Crippen LogP contribution is -2.38. The monoisotopic (exact) mass is 316 g/mol. The van der Waals surface area contributed by atoms with Gasteiger partial charge in [0.05, 0.1) is 0 Å². The van der Waals surface area contributed by atoms with Gasteiger partial charge in [-0.3, -0.25) is 0 Å². The molecule has 2 N–H and O–H groups in total. The summed E-state index contributed by atoms with van der Waals surface area (Å²) in [5, 5.41) is 1.89. The van der Waals surface area contributed by atoms with Crippen molar-refractivity contribution in [3.05, 3.63) is 15.8 Å². The Labute approximate surface area is 126 Å². The Bertz CT molecular complexity index is 544. The van der Waals surface area contributed by atoms with Crippen LogP contribution in [0.5, 0.6) is 0 Å². The Kier molecular flexibility index (Phi) is 5.23. The Morgan fingerprint density at radius 2 is 2.05 bits per heavy atom. The minimum atomic E-state index is -3.37. The van der Waals surface area contributed by atoms with Gasteiger partial charge in [-0.1, -0.05) is 19.8 Å². The standard InChI is InChI=1S/C14H24N2O2S2/c1-3-4-12-5-7-16(8-6-12)20(17,18)14-11(2)10-19-13(14)9-15/h10,12H,3-9,15H2,1-2H3. The van der Waals surface area contributed by atoms with Gasteiger partial charge in [-0.2, -0.15) is 4.31 Å². The van der Waals surface area contributed by atoms with E-state index in [4.69, 9.17) is 5.73 Å². The number of hydrogen-bond acceptors (Lipinski definition) is 4. The van der Waals surface area contributed by atoms with Crippen LogP contribution in [0.1, 0.15) is 43.0 Å². The SMILES string of the molecule is CCCC1CCN(S(=O)(=O)c2c(C)csc2CN)CC1. The van der Waals surface area contributed by atoms with E-state index in [1.807, 2.05) is 12.3 Å². The number of sulfonamides is 1. The maximum Gasteiger partial charge on any atom is 0.244 e. The first kappa shape index (κ1) is 15.9. The quantitative estimate of drug-likeness (QED) is 0.908. The lowest BCUT2D eigenvalue weighted by atomic mass is 9.94. The predicted molar refractivity (Wildman–Crippen MR) is 83.3 cm³/mol. The first-order chi connectivity index (χ1) is 9.50. The summed E-state index contributed by atoms with van der Waals surface area (Å²) < 4.78 is 27.2. The summed E-state index contributed by atoms with van der Waals surface area (Å²) in [7, 11) is -3.37. The molecule has 2 rings (SSSR count). The first-order valence-corrected chi connectivity index (χ1v) is 9.59. The highest BCUT2D eigenvalue weighted by molar-refractivity contribution is 7.89. The molecule has 0 saturated carbocycles. The molecule has 0 amide bonds. The molecule has 1 saturated heterocycles. The normalized spacial score (nSPS) is 18.6. The number of hydrogen-bond donors (Lipinski definition) is 1. The Hall–Kier alpha value is -0.430. The van der Waals surface area contributed by atoms with E-state index in [1.165, 1.54) is 24.2 Å². The number of nitrogens with two attached hydrogens (primary N) is 1. The maximum absolute atomic E-state index is 12.8. The van der Waals surface area contributed by atoms with E-state index < -0.39 is 10.0 Å². The Balaban J connectivity index is 2.18. The van der Waals surface area contributed by atoms with Crippen molar-refractivity contribution in [1.82, 2.24) is 4.31 Å². The largest absolute Gasteiger partial charge is 0.326 e. The summed E-state index contributed by atoms with van der Waals surface area (Å²) in [5.41, 5.74) is 6.50. The smallest absolute Gasteiger partial charge is 0.244 e. The van der Waals surface area contributed by atoms with Gasteiger partial charge in [0.2, 0.25) is 10.0 Å². The van der Waals surface area contributed by atoms with Gasteiger partial charge in [-0.25, -0.2) is 8.42 Å². The highest BCUT2D eigenvalue weighted by Gasteiger charge is 2.32. The van der Waals surface area contributed by atoms with Gasteiger partial charge in [0.25, 0.3) is 0 Å². The van der Waals surface area contributed by atoms with Crippen molar-refractivity contribution in [3.63, 3.8) is 0 Å².